The smallest absolute Gasteiger partial charge is 0.0991 e. The molecule has 1 fully saturated rings. The van der Waals surface area contributed by atoms with Gasteiger partial charge in [-0.3, -0.25) is 0 Å². The molecular weight excluding hydrogens is 184 g/mol. The number of nitrogens with one attached hydrogen (secondary N) is 1. The van der Waals surface area contributed by atoms with E-state index in [2.05, 4.69) is 18.3 Å². The summed E-state index contributed by atoms with van der Waals surface area (Å²) in [5.41, 5.74) is 1.99. The Bertz CT molecular complexity index is 357. The summed E-state index contributed by atoms with van der Waals surface area (Å²) in [6, 6.07) is 10.3. The Morgan fingerprint density at radius 2 is 2.07 bits per heavy atom. The first-order valence-corrected chi connectivity index (χ1v) is 5.53. The largest absolute Gasteiger partial charge is 0.310 e. The number of hydrogen-bond acceptors (Lipinski definition) is 2. The van der Waals surface area contributed by atoms with Crippen molar-refractivity contribution in [1.29, 1.82) is 5.26 Å². The molecule has 0 amide bonds. The Morgan fingerprint density at radius 3 is 2.60 bits per heavy atom. The highest BCUT2D eigenvalue weighted by atomic mass is 14.9. The van der Waals surface area contributed by atoms with Crippen LogP contribution in [0.5, 0.6) is 0 Å². The molecule has 1 aliphatic carbocycles. The highest BCUT2D eigenvalue weighted by Gasteiger charge is 2.21. The number of benzene rings is 1. The Kier molecular flexibility index (Phi) is 3.03. The number of nitriles is 1. The molecule has 0 bridgehead atoms. The highest BCUT2D eigenvalue weighted by Crippen LogP contribution is 2.28. The van der Waals surface area contributed by atoms with Crippen LogP contribution in [0.2, 0.25) is 0 Å². The van der Waals surface area contributed by atoms with Gasteiger partial charge in [-0.25, -0.2) is 0 Å². The van der Waals surface area contributed by atoms with Gasteiger partial charge < -0.3 is 5.32 Å². The van der Waals surface area contributed by atoms with Gasteiger partial charge in [0, 0.05) is 6.04 Å². The van der Waals surface area contributed by atoms with Gasteiger partial charge in [-0.15, -0.1) is 0 Å². The van der Waals surface area contributed by atoms with E-state index in [1.165, 1.54) is 18.4 Å². The lowest BCUT2D eigenvalue weighted by atomic mass is 10.1. The molecule has 1 aromatic rings. The molecule has 0 spiro atoms. The van der Waals surface area contributed by atoms with Crippen molar-refractivity contribution in [2.75, 3.05) is 6.54 Å². The maximum Gasteiger partial charge on any atom is 0.0991 e. The summed E-state index contributed by atoms with van der Waals surface area (Å²) in [5, 5.41) is 12.2. The van der Waals surface area contributed by atoms with Gasteiger partial charge in [0.05, 0.1) is 11.6 Å². The molecule has 15 heavy (non-hydrogen) atoms. The van der Waals surface area contributed by atoms with Crippen LogP contribution in [-0.2, 0) is 0 Å². The third kappa shape index (κ3) is 2.81. The molecule has 1 aliphatic rings. The summed E-state index contributed by atoms with van der Waals surface area (Å²) < 4.78 is 0. The Balaban J connectivity index is 1.92. The molecule has 1 N–H and O–H groups in total. The van der Waals surface area contributed by atoms with Crippen LogP contribution < -0.4 is 5.32 Å². The fourth-order valence-corrected chi connectivity index (χ4v) is 1.63. The fourth-order valence-electron chi connectivity index (χ4n) is 1.63. The lowest BCUT2D eigenvalue weighted by Crippen LogP contribution is -2.20. The van der Waals surface area contributed by atoms with E-state index >= 15 is 0 Å². The molecule has 2 rings (SSSR count). The van der Waals surface area contributed by atoms with Gasteiger partial charge in [-0.2, -0.15) is 5.26 Å². The minimum absolute atomic E-state index is 0.387. The van der Waals surface area contributed by atoms with Crippen LogP contribution in [0.1, 0.15) is 36.9 Å². The molecule has 1 aromatic carbocycles. The van der Waals surface area contributed by atoms with Crippen LogP contribution in [0.3, 0.4) is 0 Å². The maximum absolute atomic E-state index is 8.69. The molecule has 1 atom stereocenters. The van der Waals surface area contributed by atoms with E-state index < -0.39 is 0 Å². The van der Waals surface area contributed by atoms with Gasteiger partial charge in [0.25, 0.3) is 0 Å². The zero-order chi connectivity index (χ0) is 10.7. The molecule has 78 valence electrons. The fraction of sp³-hybridized carbons (Fsp3) is 0.462. The average molecular weight is 200 g/mol. The second-order valence-corrected chi connectivity index (χ2v) is 4.31. The van der Waals surface area contributed by atoms with Crippen molar-refractivity contribution in [2.24, 2.45) is 5.92 Å². The molecule has 0 saturated heterocycles. The van der Waals surface area contributed by atoms with Crippen molar-refractivity contribution in [3.05, 3.63) is 35.4 Å². The third-order valence-corrected chi connectivity index (χ3v) is 2.95. The predicted octanol–water partition coefficient (Wildman–Crippen LogP) is 2.62. The summed E-state index contributed by atoms with van der Waals surface area (Å²) in [4.78, 5) is 0. The highest BCUT2D eigenvalue weighted by molar-refractivity contribution is 5.32. The normalized spacial score (nSPS) is 17.1. The molecule has 0 radical (unpaired) electrons. The molecular formula is C13H16N2. The first-order valence-electron chi connectivity index (χ1n) is 5.53. The Labute approximate surface area is 90.9 Å². The predicted molar refractivity (Wildman–Crippen MR) is 60.3 cm³/mol. The molecule has 0 heterocycles. The minimum Gasteiger partial charge on any atom is -0.310 e. The van der Waals surface area contributed by atoms with Crippen LogP contribution in [0, 0.1) is 17.2 Å². The number of nitrogens with zero attached hydrogens (tertiary/aromatic N) is 1. The zero-order valence-electron chi connectivity index (χ0n) is 9.03. The monoisotopic (exact) mass is 200 g/mol. The second-order valence-electron chi connectivity index (χ2n) is 4.31. The lowest BCUT2D eigenvalue weighted by molar-refractivity contribution is 0.549. The first-order chi connectivity index (χ1) is 7.29. The number of hydrogen-bond donors (Lipinski definition) is 1. The zero-order valence-corrected chi connectivity index (χ0v) is 9.03. The minimum atomic E-state index is 0.387. The van der Waals surface area contributed by atoms with Gasteiger partial charge in [-0.05, 0) is 49.9 Å². The van der Waals surface area contributed by atoms with E-state index in [1.54, 1.807) is 0 Å². The number of rotatable bonds is 4. The van der Waals surface area contributed by atoms with Gasteiger partial charge in [0.1, 0.15) is 0 Å². The van der Waals surface area contributed by atoms with E-state index in [0.717, 1.165) is 18.0 Å². The summed E-state index contributed by atoms with van der Waals surface area (Å²) in [6.45, 7) is 3.30. The molecule has 1 saturated carbocycles. The Morgan fingerprint density at radius 1 is 1.40 bits per heavy atom. The second kappa shape index (κ2) is 4.46. The maximum atomic E-state index is 8.69. The first kappa shape index (κ1) is 10.2. The Hall–Kier alpha value is -1.33. The third-order valence-electron chi connectivity index (χ3n) is 2.95. The van der Waals surface area contributed by atoms with Crippen molar-refractivity contribution in [2.45, 2.75) is 25.8 Å². The molecule has 2 nitrogen and oxygen atoms in total. The topological polar surface area (TPSA) is 35.8 Å². The lowest BCUT2D eigenvalue weighted by Gasteiger charge is -2.13. The van der Waals surface area contributed by atoms with Crippen molar-refractivity contribution in [3.8, 4) is 6.07 Å². The quantitative estimate of drug-likeness (QED) is 0.811. The van der Waals surface area contributed by atoms with E-state index in [1.807, 2.05) is 24.3 Å². The van der Waals surface area contributed by atoms with E-state index in [4.69, 9.17) is 5.26 Å². The van der Waals surface area contributed by atoms with E-state index in [9.17, 15) is 0 Å². The van der Waals surface area contributed by atoms with Crippen LogP contribution in [0.25, 0.3) is 0 Å². The average Bonchev–Trinajstić information content (AvgIpc) is 3.10. The standard InChI is InChI=1S/C13H16N2/c1-10(15-9-12-2-3-12)13-6-4-11(8-14)5-7-13/h4-7,10,12,15H,2-3,9H2,1H3. The molecule has 1 unspecified atom stereocenters. The van der Waals surface area contributed by atoms with Crippen molar-refractivity contribution >= 4 is 0 Å². The molecule has 0 aromatic heterocycles. The van der Waals surface area contributed by atoms with Crippen LogP contribution in [0.15, 0.2) is 24.3 Å². The van der Waals surface area contributed by atoms with Crippen LogP contribution in [-0.4, -0.2) is 6.54 Å². The van der Waals surface area contributed by atoms with Crippen molar-refractivity contribution < 1.29 is 0 Å². The van der Waals surface area contributed by atoms with Crippen molar-refractivity contribution in [3.63, 3.8) is 0 Å². The molecule has 0 aliphatic heterocycles. The van der Waals surface area contributed by atoms with Crippen LogP contribution >= 0.6 is 0 Å². The van der Waals surface area contributed by atoms with E-state index in [0.29, 0.717) is 6.04 Å². The summed E-state index contributed by atoms with van der Waals surface area (Å²) >= 11 is 0. The molecule has 2 heteroatoms. The SMILES string of the molecule is CC(NCC1CC1)c1ccc(C#N)cc1. The van der Waals surface area contributed by atoms with Gasteiger partial charge in [0.15, 0.2) is 0 Å². The van der Waals surface area contributed by atoms with Crippen molar-refractivity contribution in [1.82, 2.24) is 5.32 Å². The van der Waals surface area contributed by atoms with Gasteiger partial charge in [-0.1, -0.05) is 12.1 Å². The van der Waals surface area contributed by atoms with E-state index in [-0.39, 0.29) is 0 Å². The van der Waals surface area contributed by atoms with Gasteiger partial charge >= 0.3 is 0 Å². The summed E-state index contributed by atoms with van der Waals surface area (Å²) in [5.74, 6) is 0.908. The van der Waals surface area contributed by atoms with Gasteiger partial charge in [0.2, 0.25) is 0 Å². The van der Waals surface area contributed by atoms with Crippen LogP contribution in [0.4, 0.5) is 0 Å². The summed E-state index contributed by atoms with van der Waals surface area (Å²) in [7, 11) is 0. The summed E-state index contributed by atoms with van der Waals surface area (Å²) in [6.07, 6.45) is 2.76.